The molecule has 20 heavy (non-hydrogen) atoms. The van der Waals surface area contributed by atoms with Gasteiger partial charge in [0.15, 0.2) is 0 Å². The van der Waals surface area contributed by atoms with Gasteiger partial charge in [0.2, 0.25) is 0 Å². The van der Waals surface area contributed by atoms with E-state index in [2.05, 4.69) is 6.58 Å². The first-order valence-electron chi connectivity index (χ1n) is 6.54. The van der Waals surface area contributed by atoms with Crippen molar-refractivity contribution in [3.05, 3.63) is 12.7 Å². The van der Waals surface area contributed by atoms with E-state index in [9.17, 15) is 4.79 Å². The van der Waals surface area contributed by atoms with Crippen LogP contribution in [0.25, 0.3) is 0 Å². The first kappa shape index (κ1) is 17.1. The molecule has 0 spiro atoms. The molecule has 2 heterocycles. The summed E-state index contributed by atoms with van der Waals surface area (Å²) in [5.74, 6) is -0.981. The fraction of sp³-hybridized carbons (Fsp3) is 0.769. The van der Waals surface area contributed by atoms with Gasteiger partial charge >= 0.3 is 5.97 Å². The molecule has 2 unspecified atom stereocenters. The predicted octanol–water partition coefficient (Wildman–Crippen LogP) is 0.0908. The summed E-state index contributed by atoms with van der Waals surface area (Å²) >= 11 is 0. The maximum Gasteiger partial charge on any atom is 0.327 e. The van der Waals surface area contributed by atoms with Gasteiger partial charge in [-0.05, 0) is 0 Å². The van der Waals surface area contributed by atoms with E-state index >= 15 is 0 Å². The largest absolute Gasteiger partial charge is 0.478 e. The van der Waals surface area contributed by atoms with Crippen molar-refractivity contribution in [2.75, 3.05) is 52.9 Å². The Labute approximate surface area is 118 Å². The topological polar surface area (TPSA) is 90.0 Å². The molecule has 116 valence electrons. The van der Waals surface area contributed by atoms with Crippen LogP contribution in [0.3, 0.4) is 0 Å². The van der Waals surface area contributed by atoms with Gasteiger partial charge in [-0.3, -0.25) is 0 Å². The summed E-state index contributed by atoms with van der Waals surface area (Å²) < 4.78 is 25.9. The minimum atomic E-state index is -0.981. The van der Waals surface area contributed by atoms with Crippen LogP contribution in [0.4, 0.5) is 0 Å². The zero-order valence-corrected chi connectivity index (χ0v) is 11.5. The van der Waals surface area contributed by atoms with Crippen LogP contribution >= 0.6 is 0 Å². The average Bonchev–Trinajstić information content (AvgIpc) is 3.31. The SMILES string of the molecule is C(COCC1CO1)OCCOCC1CO1.C=CC(=O)O. The highest BCUT2D eigenvalue weighted by Crippen LogP contribution is 2.08. The van der Waals surface area contributed by atoms with Gasteiger partial charge in [-0.15, -0.1) is 0 Å². The lowest BCUT2D eigenvalue weighted by molar-refractivity contribution is -0.131. The van der Waals surface area contributed by atoms with E-state index in [1.807, 2.05) is 0 Å². The molecule has 0 aromatic carbocycles. The highest BCUT2D eigenvalue weighted by atomic mass is 16.6. The van der Waals surface area contributed by atoms with Crippen molar-refractivity contribution in [2.45, 2.75) is 12.2 Å². The van der Waals surface area contributed by atoms with E-state index in [0.717, 1.165) is 19.3 Å². The first-order chi connectivity index (χ1) is 9.72. The van der Waals surface area contributed by atoms with Crippen LogP contribution in [0.15, 0.2) is 12.7 Å². The van der Waals surface area contributed by atoms with Gasteiger partial charge in [0.1, 0.15) is 12.2 Å². The van der Waals surface area contributed by atoms with E-state index in [-0.39, 0.29) is 0 Å². The lowest BCUT2D eigenvalue weighted by Gasteiger charge is -2.05. The number of ether oxygens (including phenoxy) is 5. The second-order valence-corrected chi connectivity index (χ2v) is 4.22. The van der Waals surface area contributed by atoms with Gasteiger partial charge in [0, 0.05) is 6.08 Å². The van der Waals surface area contributed by atoms with Gasteiger partial charge in [0.25, 0.3) is 0 Å². The lowest BCUT2D eigenvalue weighted by atomic mass is 10.5. The number of carboxylic acid groups (broad SMARTS) is 1. The van der Waals surface area contributed by atoms with E-state index in [1.165, 1.54) is 0 Å². The third-order valence-corrected chi connectivity index (χ3v) is 2.33. The fourth-order valence-electron chi connectivity index (χ4n) is 1.10. The Morgan fingerprint density at radius 2 is 1.40 bits per heavy atom. The van der Waals surface area contributed by atoms with E-state index in [0.29, 0.717) is 51.8 Å². The summed E-state index contributed by atoms with van der Waals surface area (Å²) in [6.45, 7) is 8.54. The quantitative estimate of drug-likeness (QED) is 0.327. The normalized spacial score (nSPS) is 22.6. The molecule has 0 saturated carbocycles. The Kier molecular flexibility index (Phi) is 9.18. The van der Waals surface area contributed by atoms with Crippen LogP contribution in [0, 0.1) is 0 Å². The second-order valence-electron chi connectivity index (χ2n) is 4.22. The predicted molar refractivity (Wildman–Crippen MR) is 69.8 cm³/mol. The summed E-state index contributed by atoms with van der Waals surface area (Å²) in [7, 11) is 0. The van der Waals surface area contributed by atoms with Gasteiger partial charge in [-0.1, -0.05) is 6.58 Å². The maximum absolute atomic E-state index is 9.25. The number of aliphatic carboxylic acids is 1. The zero-order chi connectivity index (χ0) is 14.6. The molecular formula is C13H22O7. The second kappa shape index (κ2) is 10.8. The molecule has 2 atom stereocenters. The monoisotopic (exact) mass is 290 g/mol. The van der Waals surface area contributed by atoms with Crippen LogP contribution in [0.5, 0.6) is 0 Å². The molecule has 1 N–H and O–H groups in total. The number of carbonyl (C=O) groups is 1. The molecule has 0 aliphatic carbocycles. The van der Waals surface area contributed by atoms with Gasteiger partial charge in [0.05, 0.1) is 52.9 Å². The van der Waals surface area contributed by atoms with E-state index in [1.54, 1.807) is 0 Å². The molecule has 0 aromatic heterocycles. The van der Waals surface area contributed by atoms with E-state index in [4.69, 9.17) is 28.8 Å². The number of epoxide rings is 2. The fourth-order valence-corrected chi connectivity index (χ4v) is 1.10. The maximum atomic E-state index is 9.25. The van der Waals surface area contributed by atoms with Crippen molar-refractivity contribution in [1.29, 1.82) is 0 Å². The Hall–Kier alpha value is -0.990. The summed E-state index contributed by atoms with van der Waals surface area (Å²) in [5.41, 5.74) is 0. The van der Waals surface area contributed by atoms with Crippen LogP contribution in [-0.4, -0.2) is 76.1 Å². The molecule has 2 saturated heterocycles. The van der Waals surface area contributed by atoms with Crippen molar-refractivity contribution >= 4 is 5.97 Å². The minimum Gasteiger partial charge on any atom is -0.478 e. The highest BCUT2D eigenvalue weighted by molar-refractivity contribution is 5.78. The third kappa shape index (κ3) is 12.1. The van der Waals surface area contributed by atoms with Crippen molar-refractivity contribution in [3.63, 3.8) is 0 Å². The van der Waals surface area contributed by atoms with Crippen molar-refractivity contribution < 1.29 is 33.6 Å². The first-order valence-corrected chi connectivity index (χ1v) is 6.54. The minimum absolute atomic E-state index is 0.340. The zero-order valence-electron chi connectivity index (χ0n) is 11.5. The number of rotatable bonds is 11. The summed E-state index contributed by atoms with van der Waals surface area (Å²) in [6, 6.07) is 0. The molecule has 0 amide bonds. The molecule has 2 rings (SSSR count). The molecule has 0 aromatic rings. The molecule has 7 nitrogen and oxygen atoms in total. The Morgan fingerprint density at radius 3 is 1.70 bits per heavy atom. The Morgan fingerprint density at radius 1 is 1.05 bits per heavy atom. The average molecular weight is 290 g/mol. The summed E-state index contributed by atoms with van der Waals surface area (Å²) in [4.78, 5) is 9.25. The van der Waals surface area contributed by atoms with Crippen LogP contribution < -0.4 is 0 Å². The van der Waals surface area contributed by atoms with Gasteiger partial charge in [-0.2, -0.15) is 0 Å². The molecule has 0 radical (unpaired) electrons. The molecule has 2 aliphatic rings. The molecular weight excluding hydrogens is 268 g/mol. The van der Waals surface area contributed by atoms with Crippen LogP contribution in [0.1, 0.15) is 0 Å². The smallest absolute Gasteiger partial charge is 0.327 e. The molecule has 7 heteroatoms. The van der Waals surface area contributed by atoms with Crippen LogP contribution in [0.2, 0.25) is 0 Å². The molecule has 2 fully saturated rings. The van der Waals surface area contributed by atoms with Crippen LogP contribution in [-0.2, 0) is 28.5 Å². The molecule has 0 bridgehead atoms. The van der Waals surface area contributed by atoms with Gasteiger partial charge < -0.3 is 28.8 Å². The van der Waals surface area contributed by atoms with E-state index < -0.39 is 5.97 Å². The Balaban J connectivity index is 0.000000347. The van der Waals surface area contributed by atoms with Crippen molar-refractivity contribution in [3.8, 4) is 0 Å². The van der Waals surface area contributed by atoms with Crippen molar-refractivity contribution in [2.24, 2.45) is 0 Å². The van der Waals surface area contributed by atoms with Crippen molar-refractivity contribution in [1.82, 2.24) is 0 Å². The lowest BCUT2D eigenvalue weighted by Crippen LogP contribution is -2.12. The summed E-state index contributed by atoms with van der Waals surface area (Å²) in [5, 5.41) is 7.60. The number of hydrogen-bond donors (Lipinski definition) is 1. The number of hydrogen-bond acceptors (Lipinski definition) is 6. The highest BCUT2D eigenvalue weighted by Gasteiger charge is 2.22. The Bertz CT molecular complexity index is 256. The third-order valence-electron chi connectivity index (χ3n) is 2.33. The summed E-state index contributed by atoms with van der Waals surface area (Å²) in [6.07, 6.45) is 1.51. The number of carboxylic acids is 1. The van der Waals surface area contributed by atoms with Gasteiger partial charge in [-0.25, -0.2) is 4.79 Å². The standard InChI is InChI=1S/C10H18O5.C3H4O2/c1(3-12-5-9-7-14-9)11-2-4-13-6-10-8-15-10;1-2-3(4)5/h9-10H,1-8H2;2H,1H2,(H,4,5). The molecule has 2 aliphatic heterocycles.